The Labute approximate surface area is 218 Å². The first kappa shape index (κ1) is 24.7. The summed E-state index contributed by atoms with van der Waals surface area (Å²) in [5, 5.41) is 3.56. The van der Waals surface area contributed by atoms with Crippen LogP contribution in [0.2, 0.25) is 5.02 Å². The Morgan fingerprint density at radius 3 is 2.58 bits per heavy atom. The second kappa shape index (κ2) is 10.9. The normalized spacial score (nSPS) is 17.4. The molecular weight excluding hydrogens is 494 g/mol. The Morgan fingerprint density at radius 1 is 0.972 bits per heavy atom. The quantitative estimate of drug-likeness (QED) is 0.450. The number of halogens is 1. The van der Waals surface area contributed by atoms with Crippen LogP contribution >= 0.6 is 11.6 Å². The molecule has 0 unspecified atom stereocenters. The lowest BCUT2D eigenvalue weighted by molar-refractivity contribution is 0.0948. The molecule has 6 nitrogen and oxygen atoms in total. The molecule has 1 fully saturated rings. The number of nitrogens with one attached hydrogen (secondary N) is 1. The van der Waals surface area contributed by atoms with E-state index in [9.17, 15) is 13.8 Å². The zero-order chi connectivity index (χ0) is 25.1. The summed E-state index contributed by atoms with van der Waals surface area (Å²) >= 11 is 6.20. The van der Waals surface area contributed by atoms with E-state index in [2.05, 4.69) is 10.2 Å². The number of benzene rings is 3. The summed E-state index contributed by atoms with van der Waals surface area (Å²) in [6.45, 7) is 4.06. The van der Waals surface area contributed by atoms with Gasteiger partial charge in [0.15, 0.2) is 0 Å². The highest BCUT2D eigenvalue weighted by Gasteiger charge is 2.31. The van der Waals surface area contributed by atoms with Gasteiger partial charge < -0.3 is 15.1 Å². The first-order valence-electron chi connectivity index (χ1n) is 12.2. The zero-order valence-electron chi connectivity index (χ0n) is 19.9. The molecular formula is C28H28ClN3O3S. The summed E-state index contributed by atoms with van der Waals surface area (Å²) in [4.78, 5) is 31.7. The van der Waals surface area contributed by atoms with E-state index in [4.69, 9.17) is 11.6 Å². The number of likely N-dealkylation sites (tertiary alicyclic amines) is 1. The minimum atomic E-state index is -1.57. The molecule has 2 heterocycles. The summed E-state index contributed by atoms with van der Waals surface area (Å²) in [7, 11) is -1.57. The molecule has 8 heteroatoms. The topological polar surface area (TPSA) is 69.7 Å². The third kappa shape index (κ3) is 5.24. The molecule has 1 saturated heterocycles. The van der Waals surface area contributed by atoms with E-state index in [-0.39, 0.29) is 18.4 Å². The Kier molecular flexibility index (Phi) is 7.51. The fourth-order valence-corrected chi connectivity index (χ4v) is 6.35. The van der Waals surface area contributed by atoms with E-state index in [1.165, 1.54) is 12.8 Å². The molecule has 0 saturated carbocycles. The van der Waals surface area contributed by atoms with Crippen LogP contribution in [-0.4, -0.2) is 47.1 Å². The van der Waals surface area contributed by atoms with Crippen LogP contribution in [0.1, 0.15) is 45.5 Å². The SMILES string of the molecule is O=C(NCCCN1CCCC1)c1ccc2c(c1)N(Cc1cccc(Cl)c1)C(=O)c1ccccc1[S@@]2=O. The van der Waals surface area contributed by atoms with Gasteiger partial charge in [-0.05, 0) is 86.9 Å². The van der Waals surface area contributed by atoms with Crippen LogP contribution in [0.15, 0.2) is 76.5 Å². The van der Waals surface area contributed by atoms with Crippen LogP contribution in [-0.2, 0) is 17.3 Å². The summed E-state index contributed by atoms with van der Waals surface area (Å²) in [5.74, 6) is -0.470. The van der Waals surface area contributed by atoms with Crippen molar-refractivity contribution in [2.75, 3.05) is 31.1 Å². The highest BCUT2D eigenvalue weighted by atomic mass is 35.5. The van der Waals surface area contributed by atoms with E-state index in [0.29, 0.717) is 38.2 Å². The average molecular weight is 522 g/mol. The summed E-state index contributed by atoms with van der Waals surface area (Å²) < 4.78 is 13.5. The van der Waals surface area contributed by atoms with Crippen molar-refractivity contribution in [2.24, 2.45) is 0 Å². The van der Waals surface area contributed by atoms with Crippen LogP contribution in [0.5, 0.6) is 0 Å². The number of nitrogens with zero attached hydrogens (tertiary/aromatic N) is 2. The molecule has 5 rings (SSSR count). The van der Waals surface area contributed by atoms with Gasteiger partial charge >= 0.3 is 0 Å². The van der Waals surface area contributed by atoms with Crippen LogP contribution < -0.4 is 10.2 Å². The van der Waals surface area contributed by atoms with Gasteiger partial charge in [0.2, 0.25) is 0 Å². The Morgan fingerprint density at radius 2 is 1.78 bits per heavy atom. The fourth-order valence-electron chi connectivity index (χ4n) is 4.79. The molecule has 1 N–H and O–H groups in total. The second-order valence-electron chi connectivity index (χ2n) is 9.13. The third-order valence-corrected chi connectivity index (χ3v) is 8.37. The third-order valence-electron chi connectivity index (χ3n) is 6.64. The van der Waals surface area contributed by atoms with Crippen LogP contribution in [0.3, 0.4) is 0 Å². The molecule has 2 aliphatic heterocycles. The van der Waals surface area contributed by atoms with E-state index in [1.807, 2.05) is 12.1 Å². The minimum absolute atomic E-state index is 0.207. The largest absolute Gasteiger partial charge is 0.352 e. The number of carbonyl (C=O) groups is 2. The zero-order valence-corrected chi connectivity index (χ0v) is 21.5. The van der Waals surface area contributed by atoms with E-state index in [1.54, 1.807) is 59.5 Å². The summed E-state index contributed by atoms with van der Waals surface area (Å²) in [5.41, 5.74) is 2.13. The molecule has 3 aromatic rings. The molecule has 186 valence electrons. The molecule has 3 aromatic carbocycles. The van der Waals surface area contributed by atoms with Crippen molar-refractivity contribution in [1.29, 1.82) is 0 Å². The lowest BCUT2D eigenvalue weighted by Gasteiger charge is -2.24. The van der Waals surface area contributed by atoms with Gasteiger partial charge in [-0.25, -0.2) is 4.21 Å². The Hall–Kier alpha value is -3.00. The van der Waals surface area contributed by atoms with Gasteiger partial charge in [0.05, 0.1) is 38.4 Å². The lowest BCUT2D eigenvalue weighted by Crippen LogP contribution is -2.31. The highest BCUT2D eigenvalue weighted by Crippen LogP contribution is 2.36. The van der Waals surface area contributed by atoms with Gasteiger partial charge in [0.1, 0.15) is 0 Å². The smallest absolute Gasteiger partial charge is 0.259 e. The van der Waals surface area contributed by atoms with Gasteiger partial charge in [-0.15, -0.1) is 0 Å². The van der Waals surface area contributed by atoms with Crippen molar-refractivity contribution < 1.29 is 13.8 Å². The maximum absolute atomic E-state index is 13.7. The summed E-state index contributed by atoms with van der Waals surface area (Å²) in [6.07, 6.45) is 3.38. The van der Waals surface area contributed by atoms with Crippen LogP contribution in [0.25, 0.3) is 0 Å². The minimum Gasteiger partial charge on any atom is -0.352 e. The maximum atomic E-state index is 13.7. The predicted molar refractivity (Wildman–Crippen MR) is 142 cm³/mol. The van der Waals surface area contributed by atoms with Crippen molar-refractivity contribution in [1.82, 2.24) is 10.2 Å². The highest BCUT2D eigenvalue weighted by molar-refractivity contribution is 7.85. The van der Waals surface area contributed by atoms with Crippen molar-refractivity contribution in [3.63, 3.8) is 0 Å². The van der Waals surface area contributed by atoms with Crippen molar-refractivity contribution >= 4 is 39.9 Å². The van der Waals surface area contributed by atoms with Gasteiger partial charge in [0, 0.05) is 17.1 Å². The van der Waals surface area contributed by atoms with E-state index >= 15 is 0 Å². The van der Waals surface area contributed by atoms with Crippen molar-refractivity contribution in [2.45, 2.75) is 35.6 Å². The molecule has 36 heavy (non-hydrogen) atoms. The van der Waals surface area contributed by atoms with Gasteiger partial charge in [-0.1, -0.05) is 35.9 Å². The van der Waals surface area contributed by atoms with Gasteiger partial charge in [-0.2, -0.15) is 0 Å². The molecule has 0 spiro atoms. The second-order valence-corrected chi connectivity index (χ2v) is 11.0. The first-order valence-corrected chi connectivity index (χ1v) is 13.8. The molecule has 0 aromatic heterocycles. The predicted octanol–water partition coefficient (Wildman–Crippen LogP) is 4.88. The van der Waals surface area contributed by atoms with E-state index < -0.39 is 10.8 Å². The Bertz CT molecular complexity index is 1320. The molecule has 0 radical (unpaired) electrons. The molecule has 2 aliphatic rings. The monoisotopic (exact) mass is 521 g/mol. The molecule has 0 bridgehead atoms. The molecule has 0 aliphatic carbocycles. The number of rotatable bonds is 7. The Balaban J connectivity index is 1.44. The molecule has 1 atom stereocenters. The van der Waals surface area contributed by atoms with Gasteiger partial charge in [-0.3, -0.25) is 9.59 Å². The van der Waals surface area contributed by atoms with E-state index in [0.717, 1.165) is 31.6 Å². The summed E-state index contributed by atoms with van der Waals surface area (Å²) in [6, 6.07) is 19.3. The maximum Gasteiger partial charge on any atom is 0.259 e. The van der Waals surface area contributed by atoms with Crippen LogP contribution in [0, 0.1) is 0 Å². The number of carbonyl (C=O) groups excluding carboxylic acids is 2. The number of amides is 2. The molecule has 2 amide bonds. The number of hydrogen-bond acceptors (Lipinski definition) is 4. The number of fused-ring (bicyclic) bond motifs is 2. The van der Waals surface area contributed by atoms with Crippen LogP contribution in [0.4, 0.5) is 5.69 Å². The van der Waals surface area contributed by atoms with Gasteiger partial charge in [0.25, 0.3) is 11.8 Å². The average Bonchev–Trinajstić information content (AvgIpc) is 3.40. The van der Waals surface area contributed by atoms with Crippen molar-refractivity contribution in [3.8, 4) is 0 Å². The lowest BCUT2D eigenvalue weighted by atomic mass is 10.1. The fraction of sp³-hybridized carbons (Fsp3) is 0.286. The number of anilines is 1. The number of hydrogen-bond donors (Lipinski definition) is 1. The van der Waals surface area contributed by atoms with Crippen molar-refractivity contribution in [3.05, 3.63) is 88.4 Å². The first-order chi connectivity index (χ1) is 17.5. The standard InChI is InChI=1S/C28H28ClN3O3S/c29-22-8-5-7-20(17-22)19-32-24-18-21(27(33)30-13-6-16-31-14-3-4-15-31)11-12-26(24)36(35)25-10-2-1-9-23(25)28(32)34/h1-2,5,7-12,17-18H,3-4,6,13-16,19H2,(H,30,33)/t36-/m0/s1.